The Labute approximate surface area is 215 Å². The lowest BCUT2D eigenvalue weighted by atomic mass is 9.66. The summed E-state index contributed by atoms with van der Waals surface area (Å²) in [6.45, 7) is 14.5. The molecule has 3 saturated heterocycles. The number of unbranched alkanes of at least 4 members (excludes halogenated alkanes) is 2. The average Bonchev–Trinajstić information content (AvgIpc) is 3.41. The Morgan fingerprint density at radius 3 is 2.67 bits per heavy atom. The number of hydrogen-bond acceptors (Lipinski definition) is 6. The molecule has 2 bridgehead atoms. The summed E-state index contributed by atoms with van der Waals surface area (Å²) >= 11 is 0. The number of amides is 2. The summed E-state index contributed by atoms with van der Waals surface area (Å²) in [5, 5.41) is 9.32. The van der Waals surface area contributed by atoms with Crippen LogP contribution in [0.15, 0.2) is 25.3 Å². The SMILES string of the molecule is C=CCCCOC(=O)[C@H]1[C@H]2C(=O)N(CCCCO)C(C(=O)N(CC=C)C(C)CCC)C23CC[C@]1(C)O3. The number of likely N-dealkylation sites (tertiary alicyclic amines) is 1. The Kier molecular flexibility index (Phi) is 9.39. The molecule has 0 aromatic carbocycles. The predicted octanol–water partition coefficient (Wildman–Crippen LogP) is 3.24. The minimum absolute atomic E-state index is 0.0135. The summed E-state index contributed by atoms with van der Waals surface area (Å²) in [5.74, 6) is -2.29. The van der Waals surface area contributed by atoms with Gasteiger partial charge in [-0.3, -0.25) is 14.4 Å². The van der Waals surface area contributed by atoms with E-state index >= 15 is 0 Å². The van der Waals surface area contributed by atoms with Crippen LogP contribution in [0.5, 0.6) is 0 Å². The van der Waals surface area contributed by atoms with Crippen molar-refractivity contribution in [3.8, 4) is 0 Å². The summed E-state index contributed by atoms with van der Waals surface area (Å²) in [7, 11) is 0. The first-order valence-corrected chi connectivity index (χ1v) is 13.5. The number of ether oxygens (including phenoxy) is 2. The molecule has 1 N–H and O–H groups in total. The molecule has 6 atom stereocenters. The van der Waals surface area contributed by atoms with Crippen LogP contribution in [-0.2, 0) is 23.9 Å². The number of carbonyl (C=O) groups excluding carboxylic acids is 3. The molecule has 3 unspecified atom stereocenters. The predicted molar refractivity (Wildman–Crippen MR) is 137 cm³/mol. The van der Waals surface area contributed by atoms with Crippen molar-refractivity contribution < 1.29 is 29.0 Å². The lowest BCUT2D eigenvalue weighted by molar-refractivity contribution is -0.160. The Bertz CT molecular complexity index is 846. The van der Waals surface area contributed by atoms with Gasteiger partial charge in [0.25, 0.3) is 0 Å². The van der Waals surface area contributed by atoms with Crippen LogP contribution < -0.4 is 0 Å². The van der Waals surface area contributed by atoms with Crippen molar-refractivity contribution >= 4 is 17.8 Å². The molecule has 0 saturated carbocycles. The zero-order valence-corrected chi connectivity index (χ0v) is 22.2. The number of carbonyl (C=O) groups is 3. The highest BCUT2D eigenvalue weighted by molar-refractivity contribution is 5.98. The minimum atomic E-state index is -1.06. The van der Waals surface area contributed by atoms with Gasteiger partial charge in [-0.05, 0) is 58.8 Å². The van der Waals surface area contributed by atoms with Gasteiger partial charge in [0, 0.05) is 25.7 Å². The molecule has 3 fully saturated rings. The molecule has 8 heteroatoms. The number of aliphatic hydroxyl groups excluding tert-OH is 1. The quantitative estimate of drug-likeness (QED) is 0.209. The van der Waals surface area contributed by atoms with E-state index in [-0.39, 0.29) is 31.1 Å². The second kappa shape index (κ2) is 11.9. The van der Waals surface area contributed by atoms with E-state index in [1.807, 2.05) is 13.8 Å². The Morgan fingerprint density at radius 2 is 2.03 bits per heavy atom. The molecule has 3 aliphatic rings. The first-order chi connectivity index (χ1) is 17.2. The van der Waals surface area contributed by atoms with E-state index in [9.17, 15) is 19.5 Å². The molecule has 36 heavy (non-hydrogen) atoms. The van der Waals surface area contributed by atoms with Gasteiger partial charge in [0.15, 0.2) is 0 Å². The number of rotatable bonds is 15. The molecule has 0 aliphatic carbocycles. The third-order valence-electron chi connectivity index (χ3n) is 8.22. The molecule has 3 heterocycles. The van der Waals surface area contributed by atoms with E-state index in [0.29, 0.717) is 45.2 Å². The molecule has 8 nitrogen and oxygen atoms in total. The summed E-state index contributed by atoms with van der Waals surface area (Å²) in [5.41, 5.74) is -1.90. The van der Waals surface area contributed by atoms with E-state index in [2.05, 4.69) is 20.1 Å². The maximum Gasteiger partial charge on any atom is 0.312 e. The van der Waals surface area contributed by atoms with E-state index in [1.165, 1.54) is 0 Å². The average molecular weight is 505 g/mol. The van der Waals surface area contributed by atoms with Crippen molar-refractivity contribution in [2.75, 3.05) is 26.3 Å². The van der Waals surface area contributed by atoms with E-state index in [1.54, 1.807) is 22.0 Å². The second-order valence-electron chi connectivity index (χ2n) is 10.7. The Morgan fingerprint density at radius 1 is 1.28 bits per heavy atom. The lowest BCUT2D eigenvalue weighted by Crippen LogP contribution is -2.58. The van der Waals surface area contributed by atoms with Gasteiger partial charge in [0.1, 0.15) is 17.6 Å². The van der Waals surface area contributed by atoms with Crippen LogP contribution in [0, 0.1) is 11.8 Å². The van der Waals surface area contributed by atoms with Crippen LogP contribution >= 0.6 is 0 Å². The summed E-state index contributed by atoms with van der Waals surface area (Å²) < 4.78 is 12.2. The number of allylic oxidation sites excluding steroid dienone is 1. The van der Waals surface area contributed by atoms with Gasteiger partial charge in [0.05, 0.1) is 18.1 Å². The van der Waals surface area contributed by atoms with Crippen LogP contribution in [0.3, 0.4) is 0 Å². The van der Waals surface area contributed by atoms with Crippen LogP contribution in [-0.4, -0.2) is 82.3 Å². The number of fused-ring (bicyclic) bond motifs is 1. The fourth-order valence-electron chi connectivity index (χ4n) is 6.54. The largest absolute Gasteiger partial charge is 0.465 e. The van der Waals surface area contributed by atoms with Crippen molar-refractivity contribution in [2.24, 2.45) is 11.8 Å². The van der Waals surface area contributed by atoms with E-state index < -0.39 is 35.0 Å². The summed E-state index contributed by atoms with van der Waals surface area (Å²) in [6.07, 6.45) is 8.87. The van der Waals surface area contributed by atoms with E-state index in [0.717, 1.165) is 19.3 Å². The fourth-order valence-corrected chi connectivity index (χ4v) is 6.54. The van der Waals surface area contributed by atoms with Gasteiger partial charge < -0.3 is 24.4 Å². The van der Waals surface area contributed by atoms with Crippen LogP contribution in [0.4, 0.5) is 0 Å². The Hall–Kier alpha value is -2.19. The van der Waals surface area contributed by atoms with Gasteiger partial charge in [-0.25, -0.2) is 0 Å². The van der Waals surface area contributed by atoms with Crippen LogP contribution in [0.1, 0.15) is 72.1 Å². The number of hydrogen-bond donors (Lipinski definition) is 1. The molecular weight excluding hydrogens is 460 g/mol. The van der Waals surface area contributed by atoms with E-state index in [4.69, 9.17) is 9.47 Å². The van der Waals surface area contributed by atoms with Gasteiger partial charge in [-0.15, -0.1) is 13.2 Å². The molecule has 1 spiro atoms. The molecule has 3 rings (SSSR count). The highest BCUT2D eigenvalue weighted by Gasteiger charge is 2.78. The lowest BCUT2D eigenvalue weighted by Gasteiger charge is -2.39. The first kappa shape index (κ1) is 28.4. The van der Waals surface area contributed by atoms with Gasteiger partial charge in [-0.1, -0.05) is 25.5 Å². The Balaban J connectivity index is 1.97. The smallest absolute Gasteiger partial charge is 0.312 e. The van der Waals surface area contributed by atoms with Crippen molar-refractivity contribution in [2.45, 2.75) is 95.4 Å². The highest BCUT2D eigenvalue weighted by Crippen LogP contribution is 2.63. The van der Waals surface area contributed by atoms with Crippen molar-refractivity contribution in [1.82, 2.24) is 9.80 Å². The molecule has 0 aromatic heterocycles. The summed E-state index contributed by atoms with van der Waals surface area (Å²) in [6, 6.07) is -0.835. The number of esters is 1. The van der Waals surface area contributed by atoms with Crippen molar-refractivity contribution in [1.29, 1.82) is 0 Å². The molecule has 2 amide bonds. The van der Waals surface area contributed by atoms with Crippen LogP contribution in [0.25, 0.3) is 0 Å². The summed E-state index contributed by atoms with van der Waals surface area (Å²) in [4.78, 5) is 44.9. The maximum atomic E-state index is 14.2. The van der Waals surface area contributed by atoms with Gasteiger partial charge >= 0.3 is 5.97 Å². The number of nitrogens with zero attached hydrogens (tertiary/aromatic N) is 2. The zero-order chi connectivity index (χ0) is 26.5. The standard InChI is InChI=1S/C28H44N2O6/c1-6-9-12-19-35-26(34)22-21-24(32)30(17-10-11-18-31)23(28(21)15-14-27(22,5)36-28)25(33)29(16-8-3)20(4)13-7-2/h6,8,20-23,31H,1,3,7,9-19H2,2,4-5H3/t20?,21-,22+,23?,27-,28?/m0/s1. The van der Waals surface area contributed by atoms with Crippen LogP contribution in [0.2, 0.25) is 0 Å². The van der Waals surface area contributed by atoms with Gasteiger partial charge in [0.2, 0.25) is 11.8 Å². The second-order valence-corrected chi connectivity index (χ2v) is 10.7. The van der Waals surface area contributed by atoms with Crippen molar-refractivity contribution in [3.63, 3.8) is 0 Å². The third-order valence-corrected chi connectivity index (χ3v) is 8.22. The fraction of sp³-hybridized carbons (Fsp3) is 0.750. The van der Waals surface area contributed by atoms with Crippen molar-refractivity contribution in [3.05, 3.63) is 25.3 Å². The molecule has 0 radical (unpaired) electrons. The molecular formula is C28H44N2O6. The highest BCUT2D eigenvalue weighted by atomic mass is 16.6. The normalized spacial score (nSPS) is 31.3. The molecule has 0 aromatic rings. The molecule has 202 valence electrons. The monoisotopic (exact) mass is 504 g/mol. The topological polar surface area (TPSA) is 96.4 Å². The number of aliphatic hydroxyl groups is 1. The molecule has 3 aliphatic heterocycles. The maximum absolute atomic E-state index is 14.2. The zero-order valence-electron chi connectivity index (χ0n) is 22.2. The minimum Gasteiger partial charge on any atom is -0.465 e. The third kappa shape index (κ3) is 4.99. The van der Waals surface area contributed by atoms with Gasteiger partial charge in [-0.2, -0.15) is 0 Å². The first-order valence-electron chi connectivity index (χ1n) is 13.5.